The molecule has 1 aromatic carbocycles. The molecule has 3 nitrogen and oxygen atoms in total. The smallest absolute Gasteiger partial charge is 0.116 e. The van der Waals surface area contributed by atoms with E-state index in [9.17, 15) is 0 Å². The summed E-state index contributed by atoms with van der Waals surface area (Å²) in [7, 11) is 1.97. The fourth-order valence-corrected chi connectivity index (χ4v) is 2.09. The zero-order valence-corrected chi connectivity index (χ0v) is 10.5. The number of hydrogen-bond acceptors (Lipinski definition) is 3. The van der Waals surface area contributed by atoms with E-state index in [1.807, 2.05) is 24.1 Å². The molecule has 1 heterocycles. The van der Waals surface area contributed by atoms with Gasteiger partial charge in [0.2, 0.25) is 0 Å². The molecule has 16 heavy (non-hydrogen) atoms. The highest BCUT2D eigenvalue weighted by Gasteiger charge is 2.12. The molecule has 0 amide bonds. The van der Waals surface area contributed by atoms with E-state index in [1.165, 1.54) is 0 Å². The van der Waals surface area contributed by atoms with Gasteiger partial charge in [0.1, 0.15) is 5.84 Å². The van der Waals surface area contributed by atoms with Gasteiger partial charge in [-0.1, -0.05) is 29.3 Å². The molecule has 5 heteroatoms. The van der Waals surface area contributed by atoms with Crippen molar-refractivity contribution in [2.75, 3.05) is 31.6 Å². The topological polar surface area (TPSA) is 27.6 Å². The first kappa shape index (κ1) is 11.6. The van der Waals surface area contributed by atoms with Crippen LogP contribution in [0.5, 0.6) is 0 Å². The van der Waals surface area contributed by atoms with Crippen LogP contribution in [-0.2, 0) is 0 Å². The lowest BCUT2D eigenvalue weighted by Crippen LogP contribution is -2.32. The Morgan fingerprint density at radius 1 is 1.44 bits per heavy atom. The number of aliphatic imine (C=N–C) groups is 1. The lowest BCUT2D eigenvalue weighted by molar-refractivity contribution is 0.944. The summed E-state index contributed by atoms with van der Waals surface area (Å²) in [4.78, 5) is 6.37. The van der Waals surface area contributed by atoms with Crippen molar-refractivity contribution in [3.8, 4) is 0 Å². The summed E-state index contributed by atoms with van der Waals surface area (Å²) in [6.07, 6.45) is 0. The number of nitrogens with one attached hydrogen (secondary N) is 1. The first-order chi connectivity index (χ1) is 7.68. The molecule has 1 aliphatic heterocycles. The normalized spacial score (nSPS) is 14.6. The Morgan fingerprint density at radius 3 is 2.94 bits per heavy atom. The maximum Gasteiger partial charge on any atom is 0.116 e. The standard InChI is InChI=1S/C11H13Cl2N3/c1-16(7-10-14-5-6-15-10)9-4-2-3-8(12)11(9)13/h2-4H,5-7H2,1H3,(H,14,15). The first-order valence-corrected chi connectivity index (χ1v) is 5.86. The Balaban J connectivity index is 2.14. The van der Waals surface area contributed by atoms with E-state index in [4.69, 9.17) is 23.2 Å². The summed E-state index contributed by atoms with van der Waals surface area (Å²) in [6.45, 7) is 2.50. The number of hydrogen-bond donors (Lipinski definition) is 1. The molecule has 0 aromatic heterocycles. The number of nitrogens with zero attached hydrogens (tertiary/aromatic N) is 2. The molecule has 1 aromatic rings. The van der Waals surface area contributed by atoms with Crippen LogP contribution in [0.25, 0.3) is 0 Å². The molecular formula is C11H13Cl2N3. The molecular weight excluding hydrogens is 245 g/mol. The second-order valence-corrected chi connectivity index (χ2v) is 4.47. The third-order valence-corrected chi connectivity index (χ3v) is 3.28. The molecule has 0 radical (unpaired) electrons. The average Bonchev–Trinajstić information content (AvgIpc) is 2.74. The molecule has 0 saturated carbocycles. The Bertz CT molecular complexity index is 418. The number of amidine groups is 1. The second kappa shape index (κ2) is 4.93. The Hall–Kier alpha value is -0.930. The van der Waals surface area contributed by atoms with Crippen molar-refractivity contribution in [3.63, 3.8) is 0 Å². The highest BCUT2D eigenvalue weighted by molar-refractivity contribution is 6.43. The fourth-order valence-electron chi connectivity index (χ4n) is 1.65. The van der Waals surface area contributed by atoms with Gasteiger partial charge in [0.15, 0.2) is 0 Å². The van der Waals surface area contributed by atoms with E-state index < -0.39 is 0 Å². The van der Waals surface area contributed by atoms with Crippen LogP contribution in [0.15, 0.2) is 23.2 Å². The van der Waals surface area contributed by atoms with Crippen LogP contribution in [0.2, 0.25) is 10.0 Å². The molecule has 0 aliphatic carbocycles. The minimum absolute atomic E-state index is 0.576. The molecule has 86 valence electrons. The number of halogens is 2. The molecule has 1 aliphatic rings. The number of anilines is 1. The number of likely N-dealkylation sites (N-methyl/N-ethyl adjacent to an activating group) is 1. The zero-order valence-electron chi connectivity index (χ0n) is 9.00. The summed E-state index contributed by atoms with van der Waals surface area (Å²) in [5.74, 6) is 0.999. The maximum atomic E-state index is 6.14. The van der Waals surface area contributed by atoms with Gasteiger partial charge in [-0.3, -0.25) is 4.99 Å². The summed E-state index contributed by atoms with van der Waals surface area (Å²) in [5.41, 5.74) is 0.922. The Morgan fingerprint density at radius 2 is 2.25 bits per heavy atom. The second-order valence-electron chi connectivity index (χ2n) is 3.68. The third kappa shape index (κ3) is 2.42. The molecule has 0 atom stereocenters. The van der Waals surface area contributed by atoms with Gasteiger partial charge in [-0.2, -0.15) is 0 Å². The molecule has 2 rings (SSSR count). The largest absolute Gasteiger partial charge is 0.370 e. The average molecular weight is 258 g/mol. The van der Waals surface area contributed by atoms with E-state index in [1.54, 1.807) is 6.07 Å². The van der Waals surface area contributed by atoms with Gasteiger partial charge in [-0.05, 0) is 12.1 Å². The van der Waals surface area contributed by atoms with Crippen molar-refractivity contribution < 1.29 is 0 Å². The van der Waals surface area contributed by atoms with E-state index in [0.717, 1.165) is 31.2 Å². The predicted molar refractivity (Wildman–Crippen MR) is 70.0 cm³/mol. The molecule has 0 bridgehead atoms. The lowest BCUT2D eigenvalue weighted by atomic mass is 10.3. The predicted octanol–water partition coefficient (Wildman–Crippen LogP) is 2.43. The Kier molecular flexibility index (Phi) is 3.56. The summed E-state index contributed by atoms with van der Waals surface area (Å²) < 4.78 is 0. The fraction of sp³-hybridized carbons (Fsp3) is 0.364. The van der Waals surface area contributed by atoms with Gasteiger partial charge >= 0.3 is 0 Å². The van der Waals surface area contributed by atoms with Crippen LogP contribution >= 0.6 is 23.2 Å². The van der Waals surface area contributed by atoms with Crippen molar-refractivity contribution in [2.45, 2.75) is 0 Å². The van der Waals surface area contributed by atoms with Crippen molar-refractivity contribution in [2.24, 2.45) is 4.99 Å². The van der Waals surface area contributed by atoms with Crippen LogP contribution in [0.4, 0.5) is 5.69 Å². The maximum absolute atomic E-state index is 6.14. The first-order valence-electron chi connectivity index (χ1n) is 5.11. The van der Waals surface area contributed by atoms with E-state index in [-0.39, 0.29) is 0 Å². The van der Waals surface area contributed by atoms with E-state index in [2.05, 4.69) is 10.3 Å². The van der Waals surface area contributed by atoms with Crippen molar-refractivity contribution in [3.05, 3.63) is 28.2 Å². The van der Waals surface area contributed by atoms with Crippen LogP contribution in [-0.4, -0.2) is 32.5 Å². The molecule has 1 N–H and O–H groups in total. The van der Waals surface area contributed by atoms with Gasteiger partial charge < -0.3 is 10.2 Å². The van der Waals surface area contributed by atoms with Crippen LogP contribution in [0, 0.1) is 0 Å². The minimum Gasteiger partial charge on any atom is -0.370 e. The van der Waals surface area contributed by atoms with Gasteiger partial charge in [-0.15, -0.1) is 0 Å². The summed E-state index contributed by atoms with van der Waals surface area (Å²) >= 11 is 12.1. The monoisotopic (exact) mass is 257 g/mol. The summed E-state index contributed by atoms with van der Waals surface area (Å²) in [5, 5.41) is 4.39. The third-order valence-electron chi connectivity index (χ3n) is 2.47. The van der Waals surface area contributed by atoms with E-state index >= 15 is 0 Å². The summed E-state index contributed by atoms with van der Waals surface area (Å²) in [6, 6.07) is 5.63. The van der Waals surface area contributed by atoms with Crippen LogP contribution in [0.1, 0.15) is 0 Å². The van der Waals surface area contributed by atoms with E-state index in [0.29, 0.717) is 10.0 Å². The SMILES string of the molecule is CN(CC1=NCCN1)c1cccc(Cl)c1Cl. The molecule has 0 fully saturated rings. The minimum atomic E-state index is 0.576. The van der Waals surface area contributed by atoms with Crippen LogP contribution in [0.3, 0.4) is 0 Å². The van der Waals surface area contributed by atoms with Crippen molar-refractivity contribution in [1.82, 2.24) is 5.32 Å². The highest BCUT2D eigenvalue weighted by atomic mass is 35.5. The number of benzene rings is 1. The molecule has 0 saturated heterocycles. The van der Waals surface area contributed by atoms with Crippen LogP contribution < -0.4 is 10.2 Å². The van der Waals surface area contributed by atoms with Gasteiger partial charge in [-0.25, -0.2) is 0 Å². The zero-order chi connectivity index (χ0) is 11.5. The van der Waals surface area contributed by atoms with Gasteiger partial charge in [0.25, 0.3) is 0 Å². The molecule has 0 unspecified atom stereocenters. The number of rotatable bonds is 3. The lowest BCUT2D eigenvalue weighted by Gasteiger charge is -2.21. The van der Waals surface area contributed by atoms with Crippen molar-refractivity contribution >= 4 is 34.7 Å². The van der Waals surface area contributed by atoms with Crippen molar-refractivity contribution in [1.29, 1.82) is 0 Å². The quantitative estimate of drug-likeness (QED) is 0.901. The molecule has 0 spiro atoms. The highest BCUT2D eigenvalue weighted by Crippen LogP contribution is 2.31. The van der Waals surface area contributed by atoms with Gasteiger partial charge in [0.05, 0.1) is 28.8 Å². The Labute approximate surface area is 105 Å². The van der Waals surface area contributed by atoms with Gasteiger partial charge in [0, 0.05) is 13.6 Å².